The number of amides is 1. The molecule has 1 unspecified atom stereocenters. The fourth-order valence-corrected chi connectivity index (χ4v) is 4.96. The van der Waals surface area contributed by atoms with Crippen LogP contribution in [0.2, 0.25) is 0 Å². The number of carbonyl (C=O) groups is 1. The van der Waals surface area contributed by atoms with Crippen LogP contribution in [0.3, 0.4) is 0 Å². The Balaban J connectivity index is 1.33. The zero-order valence-electron chi connectivity index (χ0n) is 18.6. The SMILES string of the molecule is CCOc1ccc(-c2cn3c(n2)sc2cc(C(=O)NCC(C)c4ccccc4)ccc23)cc1. The Kier molecular flexibility index (Phi) is 5.84. The van der Waals surface area contributed by atoms with Crippen molar-refractivity contribution < 1.29 is 9.53 Å². The van der Waals surface area contributed by atoms with Gasteiger partial charge in [-0.1, -0.05) is 48.6 Å². The molecule has 0 radical (unpaired) electrons. The summed E-state index contributed by atoms with van der Waals surface area (Å²) in [5.41, 5.74) is 4.90. The predicted molar refractivity (Wildman–Crippen MR) is 134 cm³/mol. The highest BCUT2D eigenvalue weighted by Gasteiger charge is 2.14. The van der Waals surface area contributed by atoms with Crippen molar-refractivity contribution in [2.24, 2.45) is 0 Å². The molecule has 2 heterocycles. The standard InChI is InChI=1S/C27H25N3O2S/c1-3-32-22-12-9-20(10-13-22)23-17-30-24-14-11-21(15-25(24)33-27(30)29-23)26(31)28-16-18(2)19-7-5-4-6-8-19/h4-15,17-18H,3,16H2,1-2H3,(H,28,31). The van der Waals surface area contributed by atoms with Gasteiger partial charge in [0.25, 0.3) is 5.91 Å². The third-order valence-electron chi connectivity index (χ3n) is 5.75. The van der Waals surface area contributed by atoms with Gasteiger partial charge in [-0.2, -0.15) is 0 Å². The van der Waals surface area contributed by atoms with E-state index in [0.717, 1.165) is 32.2 Å². The molecule has 0 bridgehead atoms. The first kappa shape index (κ1) is 21.2. The number of benzene rings is 3. The van der Waals surface area contributed by atoms with E-state index >= 15 is 0 Å². The summed E-state index contributed by atoms with van der Waals surface area (Å²) in [6.45, 7) is 5.34. The van der Waals surface area contributed by atoms with Gasteiger partial charge in [0, 0.05) is 23.9 Å². The number of rotatable bonds is 7. The summed E-state index contributed by atoms with van der Waals surface area (Å²) < 4.78 is 8.65. The molecular formula is C27H25N3O2S. The summed E-state index contributed by atoms with van der Waals surface area (Å²) in [5, 5.41) is 3.07. The van der Waals surface area contributed by atoms with Crippen LogP contribution in [0.15, 0.2) is 79.0 Å². The molecule has 6 heteroatoms. The lowest BCUT2D eigenvalue weighted by atomic mass is 10.0. The minimum absolute atomic E-state index is 0.0548. The van der Waals surface area contributed by atoms with E-state index in [1.165, 1.54) is 5.56 Å². The number of aromatic nitrogens is 2. The lowest BCUT2D eigenvalue weighted by molar-refractivity contribution is 0.0952. The van der Waals surface area contributed by atoms with Crippen molar-refractivity contribution in [1.82, 2.24) is 14.7 Å². The van der Waals surface area contributed by atoms with E-state index in [0.29, 0.717) is 18.7 Å². The smallest absolute Gasteiger partial charge is 0.251 e. The maximum atomic E-state index is 12.8. The van der Waals surface area contributed by atoms with Crippen molar-refractivity contribution in [3.63, 3.8) is 0 Å². The van der Waals surface area contributed by atoms with Crippen LogP contribution in [0.1, 0.15) is 35.7 Å². The number of ether oxygens (including phenoxy) is 1. The van der Waals surface area contributed by atoms with Crippen molar-refractivity contribution >= 4 is 32.4 Å². The van der Waals surface area contributed by atoms with Crippen LogP contribution in [0.5, 0.6) is 5.75 Å². The van der Waals surface area contributed by atoms with Gasteiger partial charge in [-0.05, 0) is 60.9 Å². The number of hydrogen-bond acceptors (Lipinski definition) is 4. The van der Waals surface area contributed by atoms with E-state index in [1.54, 1.807) is 11.3 Å². The fraction of sp³-hybridized carbons (Fsp3) is 0.185. The molecule has 5 nitrogen and oxygen atoms in total. The monoisotopic (exact) mass is 455 g/mol. The van der Waals surface area contributed by atoms with Gasteiger partial charge in [-0.15, -0.1) is 0 Å². The van der Waals surface area contributed by atoms with Gasteiger partial charge < -0.3 is 10.1 Å². The van der Waals surface area contributed by atoms with Crippen molar-refractivity contribution in [2.75, 3.05) is 13.2 Å². The van der Waals surface area contributed by atoms with Crippen LogP contribution in [-0.2, 0) is 0 Å². The summed E-state index contributed by atoms with van der Waals surface area (Å²) in [5.74, 6) is 1.06. The van der Waals surface area contributed by atoms with E-state index in [1.807, 2.05) is 73.8 Å². The van der Waals surface area contributed by atoms with E-state index < -0.39 is 0 Å². The Hall–Kier alpha value is -3.64. The minimum Gasteiger partial charge on any atom is -0.494 e. The van der Waals surface area contributed by atoms with Crippen LogP contribution in [0.25, 0.3) is 26.4 Å². The Bertz CT molecular complexity index is 1400. The first-order valence-electron chi connectivity index (χ1n) is 11.1. The summed E-state index contributed by atoms with van der Waals surface area (Å²) in [6.07, 6.45) is 2.05. The van der Waals surface area contributed by atoms with Crippen molar-refractivity contribution in [2.45, 2.75) is 19.8 Å². The van der Waals surface area contributed by atoms with Crippen molar-refractivity contribution in [3.05, 3.63) is 90.1 Å². The van der Waals surface area contributed by atoms with Crippen LogP contribution in [0, 0.1) is 0 Å². The highest BCUT2D eigenvalue weighted by atomic mass is 32.1. The van der Waals surface area contributed by atoms with Crippen LogP contribution < -0.4 is 10.1 Å². The predicted octanol–water partition coefficient (Wildman–Crippen LogP) is 6.15. The van der Waals surface area contributed by atoms with E-state index in [4.69, 9.17) is 9.72 Å². The van der Waals surface area contributed by atoms with Crippen molar-refractivity contribution in [1.29, 1.82) is 0 Å². The summed E-state index contributed by atoms with van der Waals surface area (Å²) >= 11 is 1.59. The number of imidazole rings is 1. The molecule has 5 rings (SSSR count). The zero-order chi connectivity index (χ0) is 22.8. The quantitative estimate of drug-likeness (QED) is 0.320. The Labute approximate surface area is 196 Å². The number of nitrogens with zero attached hydrogens (tertiary/aromatic N) is 2. The van der Waals surface area contributed by atoms with Gasteiger partial charge in [0.05, 0.1) is 22.5 Å². The van der Waals surface area contributed by atoms with Crippen LogP contribution >= 0.6 is 11.3 Å². The second kappa shape index (κ2) is 9.08. The second-order valence-electron chi connectivity index (χ2n) is 8.04. The highest BCUT2D eigenvalue weighted by Crippen LogP contribution is 2.30. The first-order valence-corrected chi connectivity index (χ1v) is 11.9. The topological polar surface area (TPSA) is 55.6 Å². The number of carbonyl (C=O) groups excluding carboxylic acids is 1. The minimum atomic E-state index is -0.0548. The molecule has 1 amide bonds. The van der Waals surface area contributed by atoms with Crippen LogP contribution in [-0.4, -0.2) is 28.4 Å². The lowest BCUT2D eigenvalue weighted by Gasteiger charge is -2.13. The molecule has 3 aromatic carbocycles. The molecule has 33 heavy (non-hydrogen) atoms. The largest absolute Gasteiger partial charge is 0.494 e. The molecule has 0 aliphatic rings. The maximum absolute atomic E-state index is 12.8. The van der Waals surface area contributed by atoms with E-state index in [-0.39, 0.29) is 11.8 Å². The molecule has 5 aromatic rings. The fourth-order valence-electron chi connectivity index (χ4n) is 3.92. The molecule has 0 aliphatic carbocycles. The van der Waals surface area contributed by atoms with Gasteiger partial charge >= 0.3 is 0 Å². The molecule has 0 aliphatic heterocycles. The zero-order valence-corrected chi connectivity index (χ0v) is 19.4. The summed E-state index contributed by atoms with van der Waals surface area (Å²) in [4.78, 5) is 18.5. The molecule has 0 saturated heterocycles. The molecule has 1 atom stereocenters. The lowest BCUT2D eigenvalue weighted by Crippen LogP contribution is -2.27. The summed E-state index contributed by atoms with van der Waals surface area (Å²) in [6, 6.07) is 24.0. The molecular weight excluding hydrogens is 430 g/mol. The van der Waals surface area contributed by atoms with Gasteiger partial charge in [0.15, 0.2) is 4.96 Å². The average molecular weight is 456 g/mol. The number of thiazole rings is 1. The summed E-state index contributed by atoms with van der Waals surface area (Å²) in [7, 11) is 0. The van der Waals surface area contributed by atoms with Crippen molar-refractivity contribution in [3.8, 4) is 17.0 Å². The van der Waals surface area contributed by atoms with E-state index in [2.05, 4.69) is 28.8 Å². The number of nitrogens with one attached hydrogen (secondary N) is 1. The van der Waals surface area contributed by atoms with Crippen LogP contribution in [0.4, 0.5) is 0 Å². The molecule has 0 saturated carbocycles. The number of fused-ring (bicyclic) bond motifs is 3. The third kappa shape index (κ3) is 4.34. The van der Waals surface area contributed by atoms with Gasteiger partial charge in [0.1, 0.15) is 5.75 Å². The van der Waals surface area contributed by atoms with E-state index in [9.17, 15) is 4.79 Å². The Morgan fingerprint density at radius 2 is 1.88 bits per heavy atom. The normalized spacial score (nSPS) is 12.2. The molecule has 1 N–H and O–H groups in total. The third-order valence-corrected chi connectivity index (χ3v) is 6.77. The van der Waals surface area contributed by atoms with Gasteiger partial charge in [-0.3, -0.25) is 9.20 Å². The molecule has 0 spiro atoms. The second-order valence-corrected chi connectivity index (χ2v) is 9.05. The highest BCUT2D eigenvalue weighted by molar-refractivity contribution is 7.23. The van der Waals surface area contributed by atoms with Gasteiger partial charge in [0.2, 0.25) is 0 Å². The van der Waals surface area contributed by atoms with Gasteiger partial charge in [-0.25, -0.2) is 4.98 Å². The maximum Gasteiger partial charge on any atom is 0.251 e. The molecule has 166 valence electrons. The molecule has 2 aromatic heterocycles. The Morgan fingerprint density at radius 3 is 2.64 bits per heavy atom. The number of hydrogen-bond donors (Lipinski definition) is 1. The first-order chi connectivity index (χ1) is 16.1. The molecule has 0 fully saturated rings. The Morgan fingerprint density at radius 1 is 1.09 bits per heavy atom. The average Bonchev–Trinajstić information content (AvgIpc) is 3.41.